The zero-order valence-corrected chi connectivity index (χ0v) is 12.4. The topological polar surface area (TPSA) is 35.5 Å². The van der Waals surface area contributed by atoms with Crippen LogP contribution in [0.15, 0.2) is 11.8 Å². The standard InChI is InChI=1S/C14H24O3.C2H2/c1-4-13(5-2)17-10-11-6-8-12(9-7-11)14(15)16-3;1-2/h4,11-12H,5-10H2,1-3H3;1-2H/b13-4-;. The summed E-state index contributed by atoms with van der Waals surface area (Å²) in [6.45, 7) is 4.90. The summed E-state index contributed by atoms with van der Waals surface area (Å²) in [7, 11) is 1.47. The maximum Gasteiger partial charge on any atom is 0.308 e. The van der Waals surface area contributed by atoms with Gasteiger partial charge in [-0.25, -0.2) is 0 Å². The van der Waals surface area contributed by atoms with Crippen molar-refractivity contribution >= 4 is 5.97 Å². The van der Waals surface area contributed by atoms with Crippen LogP contribution < -0.4 is 0 Å². The Balaban J connectivity index is 0.00000154. The lowest BCUT2D eigenvalue weighted by molar-refractivity contribution is -0.146. The van der Waals surface area contributed by atoms with Gasteiger partial charge in [-0.15, -0.1) is 12.8 Å². The molecule has 108 valence electrons. The molecule has 1 aliphatic rings. The Hall–Kier alpha value is -1.43. The number of methoxy groups -OCH3 is 1. The zero-order chi connectivity index (χ0) is 14.7. The highest BCUT2D eigenvalue weighted by Crippen LogP contribution is 2.30. The van der Waals surface area contributed by atoms with Crippen LogP contribution in [0.3, 0.4) is 0 Å². The number of carbonyl (C=O) groups is 1. The molecule has 0 aliphatic heterocycles. The van der Waals surface area contributed by atoms with E-state index in [1.807, 2.05) is 13.0 Å². The minimum atomic E-state index is -0.0490. The van der Waals surface area contributed by atoms with Gasteiger partial charge in [-0.3, -0.25) is 4.79 Å². The molecule has 0 unspecified atom stereocenters. The van der Waals surface area contributed by atoms with E-state index in [0.717, 1.165) is 44.5 Å². The summed E-state index contributed by atoms with van der Waals surface area (Å²) in [5.41, 5.74) is 0. The Bertz CT molecular complexity index is 296. The van der Waals surface area contributed by atoms with Crippen molar-refractivity contribution in [2.45, 2.75) is 46.0 Å². The van der Waals surface area contributed by atoms with Gasteiger partial charge in [0.15, 0.2) is 0 Å². The highest BCUT2D eigenvalue weighted by atomic mass is 16.5. The third-order valence-electron chi connectivity index (χ3n) is 3.56. The molecule has 0 atom stereocenters. The van der Waals surface area contributed by atoms with Gasteiger partial charge in [0, 0.05) is 6.42 Å². The van der Waals surface area contributed by atoms with E-state index >= 15 is 0 Å². The molecule has 1 aliphatic carbocycles. The van der Waals surface area contributed by atoms with Crippen molar-refractivity contribution in [1.29, 1.82) is 0 Å². The molecule has 3 heteroatoms. The molecule has 19 heavy (non-hydrogen) atoms. The molecule has 0 saturated heterocycles. The Morgan fingerprint density at radius 1 is 1.26 bits per heavy atom. The summed E-state index contributed by atoms with van der Waals surface area (Å²) in [5, 5.41) is 0. The fourth-order valence-electron chi connectivity index (χ4n) is 2.35. The lowest BCUT2D eigenvalue weighted by Crippen LogP contribution is -2.24. The number of ether oxygens (including phenoxy) is 2. The number of hydrogen-bond acceptors (Lipinski definition) is 3. The maximum absolute atomic E-state index is 11.4. The normalized spacial score (nSPS) is 22.9. The smallest absolute Gasteiger partial charge is 0.308 e. The van der Waals surface area contributed by atoms with Crippen molar-refractivity contribution < 1.29 is 14.3 Å². The number of allylic oxidation sites excluding steroid dienone is 2. The molecule has 0 amide bonds. The van der Waals surface area contributed by atoms with E-state index in [-0.39, 0.29) is 11.9 Å². The molecule has 1 rings (SSSR count). The summed E-state index contributed by atoms with van der Waals surface area (Å²) in [6, 6.07) is 0. The van der Waals surface area contributed by atoms with Crippen LogP contribution in [0.2, 0.25) is 0 Å². The summed E-state index contributed by atoms with van der Waals surface area (Å²) in [6.07, 6.45) is 15.0. The van der Waals surface area contributed by atoms with E-state index in [1.165, 1.54) is 7.11 Å². The van der Waals surface area contributed by atoms with E-state index in [9.17, 15) is 4.79 Å². The number of esters is 1. The molecule has 3 nitrogen and oxygen atoms in total. The molecule has 0 radical (unpaired) electrons. The van der Waals surface area contributed by atoms with E-state index in [0.29, 0.717) is 5.92 Å². The highest BCUT2D eigenvalue weighted by Gasteiger charge is 2.27. The molecular formula is C16H26O3. The van der Waals surface area contributed by atoms with Crippen molar-refractivity contribution in [3.8, 4) is 12.8 Å². The van der Waals surface area contributed by atoms with Crippen LogP contribution in [-0.2, 0) is 14.3 Å². The van der Waals surface area contributed by atoms with Crippen LogP contribution in [0.25, 0.3) is 0 Å². The van der Waals surface area contributed by atoms with Gasteiger partial charge in [0.05, 0.1) is 25.4 Å². The van der Waals surface area contributed by atoms with Crippen molar-refractivity contribution in [1.82, 2.24) is 0 Å². The maximum atomic E-state index is 11.4. The molecule has 1 fully saturated rings. The number of carbonyl (C=O) groups excluding carboxylic acids is 1. The fourth-order valence-corrected chi connectivity index (χ4v) is 2.35. The van der Waals surface area contributed by atoms with E-state index in [2.05, 4.69) is 19.8 Å². The van der Waals surface area contributed by atoms with Gasteiger partial charge in [0.25, 0.3) is 0 Å². The quantitative estimate of drug-likeness (QED) is 0.434. The molecule has 0 aromatic heterocycles. The Morgan fingerprint density at radius 3 is 2.26 bits per heavy atom. The lowest BCUT2D eigenvalue weighted by Gasteiger charge is -2.27. The summed E-state index contributed by atoms with van der Waals surface area (Å²) in [4.78, 5) is 11.4. The molecule has 0 bridgehead atoms. The van der Waals surface area contributed by atoms with Crippen molar-refractivity contribution in [3.63, 3.8) is 0 Å². The second-order valence-corrected chi connectivity index (χ2v) is 4.66. The minimum Gasteiger partial charge on any atom is -0.498 e. The molecule has 0 aromatic rings. The third-order valence-corrected chi connectivity index (χ3v) is 3.56. The average Bonchev–Trinajstić information content (AvgIpc) is 2.50. The van der Waals surface area contributed by atoms with Crippen molar-refractivity contribution in [2.75, 3.05) is 13.7 Å². The van der Waals surface area contributed by atoms with Crippen LogP contribution in [0.4, 0.5) is 0 Å². The number of terminal acetylenes is 1. The summed E-state index contributed by atoms with van der Waals surface area (Å²) >= 11 is 0. The predicted molar refractivity (Wildman–Crippen MR) is 77.4 cm³/mol. The molecule has 0 heterocycles. The second-order valence-electron chi connectivity index (χ2n) is 4.66. The lowest BCUT2D eigenvalue weighted by atomic mass is 9.82. The van der Waals surface area contributed by atoms with Crippen molar-refractivity contribution in [3.05, 3.63) is 11.8 Å². The number of rotatable bonds is 5. The Labute approximate surface area is 117 Å². The van der Waals surface area contributed by atoms with Crippen LogP contribution in [0, 0.1) is 24.7 Å². The molecule has 1 saturated carbocycles. The largest absolute Gasteiger partial charge is 0.498 e. The SMILES string of the molecule is C#C.C/C=C(/CC)OCC1CCC(C(=O)OC)CC1. The van der Waals surface area contributed by atoms with Gasteiger partial charge in [-0.2, -0.15) is 0 Å². The van der Waals surface area contributed by atoms with Crippen LogP contribution in [0.1, 0.15) is 46.0 Å². The van der Waals surface area contributed by atoms with Gasteiger partial charge in [-0.05, 0) is 44.6 Å². The first kappa shape index (κ1) is 17.6. The van der Waals surface area contributed by atoms with Crippen LogP contribution >= 0.6 is 0 Å². The van der Waals surface area contributed by atoms with Crippen LogP contribution in [-0.4, -0.2) is 19.7 Å². The number of hydrogen-bond donors (Lipinski definition) is 0. The van der Waals surface area contributed by atoms with Gasteiger partial charge in [0.1, 0.15) is 0 Å². The summed E-state index contributed by atoms with van der Waals surface area (Å²) in [5.74, 6) is 1.73. The molecule has 0 aromatic carbocycles. The van der Waals surface area contributed by atoms with Gasteiger partial charge in [-0.1, -0.05) is 6.92 Å². The minimum absolute atomic E-state index is 0.0490. The fraction of sp³-hybridized carbons (Fsp3) is 0.688. The third kappa shape index (κ3) is 6.33. The first-order valence-electron chi connectivity index (χ1n) is 6.90. The first-order chi connectivity index (χ1) is 9.21. The summed E-state index contributed by atoms with van der Waals surface area (Å²) < 4.78 is 10.5. The second kappa shape index (κ2) is 10.5. The van der Waals surface area contributed by atoms with E-state index in [1.54, 1.807) is 0 Å². The first-order valence-corrected chi connectivity index (χ1v) is 6.90. The van der Waals surface area contributed by atoms with Gasteiger partial charge < -0.3 is 9.47 Å². The monoisotopic (exact) mass is 266 g/mol. The molecular weight excluding hydrogens is 240 g/mol. The average molecular weight is 266 g/mol. The zero-order valence-electron chi connectivity index (χ0n) is 12.4. The van der Waals surface area contributed by atoms with Gasteiger partial charge >= 0.3 is 5.97 Å². The predicted octanol–water partition coefficient (Wildman–Crippen LogP) is 3.55. The van der Waals surface area contributed by atoms with Gasteiger partial charge in [0.2, 0.25) is 0 Å². The Kier molecular flexibility index (Phi) is 9.70. The van der Waals surface area contributed by atoms with Crippen molar-refractivity contribution in [2.24, 2.45) is 11.8 Å². The van der Waals surface area contributed by atoms with Crippen LogP contribution in [0.5, 0.6) is 0 Å². The Morgan fingerprint density at radius 2 is 1.84 bits per heavy atom. The highest BCUT2D eigenvalue weighted by molar-refractivity contribution is 5.72. The van der Waals surface area contributed by atoms with E-state index < -0.39 is 0 Å². The van der Waals surface area contributed by atoms with E-state index in [4.69, 9.17) is 9.47 Å². The molecule has 0 N–H and O–H groups in total. The molecule has 0 spiro atoms.